The fraction of sp³-hybridized carbons (Fsp3) is 0.200. The molecule has 1 aromatic heterocycles. The van der Waals surface area contributed by atoms with Crippen LogP contribution in [-0.2, 0) is 0 Å². The zero-order chi connectivity index (χ0) is 12.4. The highest BCUT2D eigenvalue weighted by atomic mass is 16.5. The topological polar surface area (TPSA) is 90.1 Å². The highest BCUT2D eigenvalue weighted by molar-refractivity contribution is 5.82. The number of hydrogen-bond acceptors (Lipinski definition) is 5. The minimum absolute atomic E-state index is 0.335. The van der Waals surface area contributed by atoms with Crippen molar-refractivity contribution in [3.8, 4) is 11.4 Å². The highest BCUT2D eigenvalue weighted by Gasteiger charge is 2.11. The molecule has 7 heteroatoms. The summed E-state index contributed by atoms with van der Waals surface area (Å²) in [6.45, 7) is 1.87. The van der Waals surface area contributed by atoms with Gasteiger partial charge in [0.1, 0.15) is 5.75 Å². The molecule has 1 N–H and O–H groups in total. The number of tetrazole rings is 1. The summed E-state index contributed by atoms with van der Waals surface area (Å²) in [5.74, 6) is -0.799. The van der Waals surface area contributed by atoms with Gasteiger partial charge in [0.05, 0.1) is 12.8 Å². The summed E-state index contributed by atoms with van der Waals surface area (Å²) in [7, 11) is 1.58. The Hall–Kier alpha value is -2.44. The average molecular weight is 234 g/mol. The summed E-state index contributed by atoms with van der Waals surface area (Å²) in [6, 6.07) is 5.26. The summed E-state index contributed by atoms with van der Waals surface area (Å²) in [5, 5.41) is 19.5. The first-order chi connectivity index (χ1) is 8.11. The molecular formula is C10H10N4O3. The molecule has 0 aliphatic heterocycles. The van der Waals surface area contributed by atoms with E-state index in [1.165, 1.54) is 0 Å². The van der Waals surface area contributed by atoms with Gasteiger partial charge >= 0.3 is 5.97 Å². The molecule has 0 aliphatic carbocycles. The van der Waals surface area contributed by atoms with Crippen molar-refractivity contribution < 1.29 is 14.6 Å². The highest BCUT2D eigenvalue weighted by Crippen LogP contribution is 2.19. The number of nitrogens with zero attached hydrogens (tertiary/aromatic N) is 4. The van der Waals surface area contributed by atoms with E-state index in [1.54, 1.807) is 25.3 Å². The molecule has 7 nitrogen and oxygen atoms in total. The van der Waals surface area contributed by atoms with Crippen LogP contribution in [0.3, 0.4) is 0 Å². The van der Waals surface area contributed by atoms with E-state index in [4.69, 9.17) is 9.84 Å². The Labute approximate surface area is 96.6 Å². The van der Waals surface area contributed by atoms with Crippen LogP contribution in [-0.4, -0.2) is 38.4 Å². The van der Waals surface area contributed by atoms with Gasteiger partial charge in [0.2, 0.25) is 0 Å². The van der Waals surface area contributed by atoms with Crippen molar-refractivity contribution in [3.05, 3.63) is 29.6 Å². The lowest BCUT2D eigenvalue weighted by Gasteiger charge is -2.05. The van der Waals surface area contributed by atoms with Crippen molar-refractivity contribution in [1.82, 2.24) is 20.2 Å². The number of aromatic carboxylic acids is 1. The molecule has 0 aliphatic rings. The summed E-state index contributed by atoms with van der Waals surface area (Å²) in [5.41, 5.74) is 1.53. The van der Waals surface area contributed by atoms with Crippen molar-refractivity contribution in [2.75, 3.05) is 7.11 Å². The van der Waals surface area contributed by atoms with Gasteiger partial charge in [-0.05, 0) is 35.9 Å². The molecule has 0 fully saturated rings. The Bertz CT molecular complexity index is 564. The number of aromatic nitrogens is 4. The van der Waals surface area contributed by atoms with Gasteiger partial charge in [0, 0.05) is 0 Å². The fourth-order valence-electron chi connectivity index (χ4n) is 1.40. The van der Waals surface area contributed by atoms with E-state index in [1.807, 2.05) is 6.92 Å². The Kier molecular flexibility index (Phi) is 2.73. The molecule has 0 radical (unpaired) electrons. The maximum absolute atomic E-state index is 10.6. The number of methoxy groups -OCH3 is 1. The fourth-order valence-corrected chi connectivity index (χ4v) is 1.40. The zero-order valence-corrected chi connectivity index (χ0v) is 9.28. The molecule has 1 aromatic carbocycles. The number of ether oxygens (including phenoxy) is 1. The monoisotopic (exact) mass is 234 g/mol. The van der Waals surface area contributed by atoms with Crippen LogP contribution in [0.25, 0.3) is 5.69 Å². The van der Waals surface area contributed by atoms with Crippen molar-refractivity contribution in [2.24, 2.45) is 0 Å². The lowest BCUT2D eigenvalue weighted by atomic mass is 10.2. The summed E-state index contributed by atoms with van der Waals surface area (Å²) >= 11 is 0. The molecule has 0 atom stereocenters. The van der Waals surface area contributed by atoms with Gasteiger partial charge < -0.3 is 9.84 Å². The third-order valence-corrected chi connectivity index (χ3v) is 2.21. The standard InChI is InChI=1S/C10H10N4O3/c1-6-5-7(3-4-8(6)17-2)14-12-9(10(15)16)11-13-14/h3-5H,1-2H3,(H,15,16). The van der Waals surface area contributed by atoms with Crippen LogP contribution in [0.4, 0.5) is 0 Å². The molecule has 0 bridgehead atoms. The van der Waals surface area contributed by atoms with E-state index in [2.05, 4.69) is 15.4 Å². The second kappa shape index (κ2) is 4.20. The van der Waals surface area contributed by atoms with Gasteiger partial charge in [0.15, 0.2) is 0 Å². The normalized spacial score (nSPS) is 10.2. The van der Waals surface area contributed by atoms with Crippen LogP contribution in [0.5, 0.6) is 5.75 Å². The lowest BCUT2D eigenvalue weighted by Crippen LogP contribution is -2.03. The first-order valence-electron chi connectivity index (χ1n) is 4.80. The van der Waals surface area contributed by atoms with E-state index in [-0.39, 0.29) is 5.82 Å². The SMILES string of the molecule is COc1ccc(-n2nnc(C(=O)O)n2)cc1C. The summed E-state index contributed by atoms with van der Waals surface area (Å²) < 4.78 is 5.12. The van der Waals surface area contributed by atoms with Gasteiger partial charge in [-0.25, -0.2) is 4.79 Å². The smallest absolute Gasteiger partial charge is 0.377 e. The molecule has 0 spiro atoms. The molecule has 0 saturated heterocycles. The third-order valence-electron chi connectivity index (χ3n) is 2.21. The second-order valence-corrected chi connectivity index (χ2v) is 3.36. The van der Waals surface area contributed by atoms with Crippen LogP contribution in [0.2, 0.25) is 0 Å². The van der Waals surface area contributed by atoms with E-state index < -0.39 is 5.97 Å². The zero-order valence-electron chi connectivity index (χ0n) is 9.28. The molecule has 2 rings (SSSR count). The Morgan fingerprint density at radius 2 is 2.24 bits per heavy atom. The quantitative estimate of drug-likeness (QED) is 0.839. The first-order valence-corrected chi connectivity index (χ1v) is 4.80. The second-order valence-electron chi connectivity index (χ2n) is 3.36. The predicted molar refractivity (Wildman–Crippen MR) is 57.4 cm³/mol. The van der Waals surface area contributed by atoms with Crippen molar-refractivity contribution in [2.45, 2.75) is 6.92 Å². The van der Waals surface area contributed by atoms with E-state index >= 15 is 0 Å². The lowest BCUT2D eigenvalue weighted by molar-refractivity contribution is 0.0683. The van der Waals surface area contributed by atoms with Gasteiger partial charge in [-0.3, -0.25) is 0 Å². The van der Waals surface area contributed by atoms with Gasteiger partial charge in [0.25, 0.3) is 5.82 Å². The largest absolute Gasteiger partial charge is 0.496 e. The molecule has 0 amide bonds. The van der Waals surface area contributed by atoms with Crippen molar-refractivity contribution in [1.29, 1.82) is 0 Å². The van der Waals surface area contributed by atoms with Crippen LogP contribution in [0.15, 0.2) is 18.2 Å². The predicted octanol–water partition coefficient (Wildman–Crippen LogP) is 0.678. The molecule has 0 saturated carbocycles. The molecular weight excluding hydrogens is 224 g/mol. The maximum Gasteiger partial charge on any atom is 0.377 e. The molecule has 0 unspecified atom stereocenters. The molecule has 2 aromatic rings. The van der Waals surface area contributed by atoms with E-state index in [9.17, 15) is 4.79 Å². The maximum atomic E-state index is 10.6. The molecule has 1 heterocycles. The number of carboxylic acids is 1. The van der Waals surface area contributed by atoms with Gasteiger partial charge in [-0.1, -0.05) is 0 Å². The Morgan fingerprint density at radius 1 is 1.47 bits per heavy atom. The van der Waals surface area contributed by atoms with Crippen molar-refractivity contribution >= 4 is 5.97 Å². The number of aryl methyl sites for hydroxylation is 1. The van der Waals surface area contributed by atoms with Crippen molar-refractivity contribution in [3.63, 3.8) is 0 Å². The van der Waals surface area contributed by atoms with Gasteiger partial charge in [-0.15, -0.1) is 15.0 Å². The third kappa shape index (κ3) is 2.07. The average Bonchev–Trinajstić information content (AvgIpc) is 2.78. The Balaban J connectivity index is 2.39. The van der Waals surface area contributed by atoms with E-state index in [0.29, 0.717) is 5.69 Å². The first kappa shape index (κ1) is 11.1. The minimum atomic E-state index is -1.21. The molecule has 88 valence electrons. The summed E-state index contributed by atoms with van der Waals surface area (Å²) in [6.07, 6.45) is 0. The number of carbonyl (C=O) groups is 1. The Morgan fingerprint density at radius 3 is 2.76 bits per heavy atom. The van der Waals surface area contributed by atoms with Crippen LogP contribution in [0, 0.1) is 6.92 Å². The molecule has 17 heavy (non-hydrogen) atoms. The van der Waals surface area contributed by atoms with Crippen LogP contribution in [0.1, 0.15) is 16.2 Å². The minimum Gasteiger partial charge on any atom is -0.496 e. The summed E-state index contributed by atoms with van der Waals surface area (Å²) in [4.78, 5) is 11.8. The van der Waals surface area contributed by atoms with Crippen LogP contribution >= 0.6 is 0 Å². The number of carboxylic acid groups (broad SMARTS) is 1. The number of rotatable bonds is 3. The number of benzene rings is 1. The number of hydrogen-bond donors (Lipinski definition) is 1. The van der Waals surface area contributed by atoms with Crippen LogP contribution < -0.4 is 4.74 Å². The van der Waals surface area contributed by atoms with Gasteiger partial charge in [-0.2, -0.15) is 0 Å². The van der Waals surface area contributed by atoms with E-state index in [0.717, 1.165) is 16.1 Å².